The normalized spacial score (nSPS) is 12.1. The average molecular weight is 497 g/mol. The molecule has 188 valence electrons. The van der Waals surface area contributed by atoms with Gasteiger partial charge < -0.3 is 15.7 Å². The van der Waals surface area contributed by atoms with E-state index in [0.717, 1.165) is 5.56 Å². The number of carbonyl (C=O) groups is 1. The number of carbonyl (C=O) groups excluding carboxylic acids is 1. The van der Waals surface area contributed by atoms with E-state index in [1.807, 2.05) is 48.7 Å². The molecular formula is C27H28N8O2. The van der Waals surface area contributed by atoms with Crippen LogP contribution in [-0.2, 0) is 0 Å². The maximum atomic E-state index is 13.6. The summed E-state index contributed by atoms with van der Waals surface area (Å²) in [6, 6.07) is 14.7. The minimum Gasteiger partial charge on any atom is -0.394 e. The molecule has 0 fully saturated rings. The Hall–Kier alpha value is -4.57. The lowest BCUT2D eigenvalue weighted by molar-refractivity contribution is 0.0903. The van der Waals surface area contributed by atoms with Crippen LogP contribution >= 0.6 is 0 Å². The highest BCUT2D eigenvalue weighted by molar-refractivity contribution is 6.00. The van der Waals surface area contributed by atoms with Crippen molar-refractivity contribution in [3.8, 4) is 17.2 Å². The molecule has 5 rings (SSSR count). The highest BCUT2D eigenvalue weighted by Crippen LogP contribution is 2.29. The predicted octanol–water partition coefficient (Wildman–Crippen LogP) is 3.86. The van der Waals surface area contributed by atoms with Gasteiger partial charge in [0.1, 0.15) is 23.5 Å². The number of rotatable bonds is 9. The fraction of sp³-hybridized carbons (Fsp3) is 0.222. The van der Waals surface area contributed by atoms with Gasteiger partial charge in [0.15, 0.2) is 5.65 Å². The number of aromatic nitrogens is 6. The van der Waals surface area contributed by atoms with E-state index < -0.39 is 0 Å². The van der Waals surface area contributed by atoms with Gasteiger partial charge in [-0.1, -0.05) is 44.2 Å². The number of pyridine rings is 1. The summed E-state index contributed by atoms with van der Waals surface area (Å²) < 4.78 is 3.48. The Bertz CT molecular complexity index is 1500. The highest BCUT2D eigenvalue weighted by atomic mass is 16.3. The number of fused-ring (bicyclic) bond motifs is 1. The van der Waals surface area contributed by atoms with Gasteiger partial charge in [-0.25, -0.2) is 15.0 Å². The van der Waals surface area contributed by atoms with E-state index in [2.05, 4.69) is 39.4 Å². The third kappa shape index (κ3) is 5.19. The minimum absolute atomic E-state index is 0.138. The molecular weight excluding hydrogens is 468 g/mol. The SMILES string of the molecule is CC(C)C[C@H](CO)NC(=O)c1c(-c2ccccc2)nc2c(Nc3ccnc(-n4ccnc4)n3)cccn12. The third-order valence-electron chi connectivity index (χ3n) is 5.86. The number of nitrogens with zero attached hydrogens (tertiary/aromatic N) is 6. The molecule has 4 heterocycles. The molecule has 1 atom stereocenters. The number of nitrogens with one attached hydrogen (secondary N) is 2. The van der Waals surface area contributed by atoms with Gasteiger partial charge in [-0.05, 0) is 30.5 Å². The minimum atomic E-state index is -0.356. The summed E-state index contributed by atoms with van der Waals surface area (Å²) in [6.45, 7) is 3.98. The number of hydrogen-bond acceptors (Lipinski definition) is 7. The summed E-state index contributed by atoms with van der Waals surface area (Å²) in [6.07, 6.45) is 9.19. The second-order valence-corrected chi connectivity index (χ2v) is 9.11. The monoisotopic (exact) mass is 496 g/mol. The fourth-order valence-corrected chi connectivity index (χ4v) is 4.24. The van der Waals surface area contributed by atoms with Crippen LogP contribution in [-0.4, -0.2) is 52.6 Å². The molecule has 5 aromatic rings. The second kappa shape index (κ2) is 10.6. The molecule has 37 heavy (non-hydrogen) atoms. The Kier molecular flexibility index (Phi) is 6.91. The molecule has 0 aliphatic carbocycles. The summed E-state index contributed by atoms with van der Waals surface area (Å²) >= 11 is 0. The predicted molar refractivity (Wildman–Crippen MR) is 141 cm³/mol. The van der Waals surface area contributed by atoms with Crippen LogP contribution in [0.15, 0.2) is 79.6 Å². The van der Waals surface area contributed by atoms with E-state index in [9.17, 15) is 9.90 Å². The molecule has 0 aliphatic rings. The fourth-order valence-electron chi connectivity index (χ4n) is 4.24. The lowest BCUT2D eigenvalue weighted by Crippen LogP contribution is -2.39. The molecule has 10 heteroatoms. The first-order valence-electron chi connectivity index (χ1n) is 12.1. The first-order valence-corrected chi connectivity index (χ1v) is 12.1. The van der Waals surface area contributed by atoms with E-state index in [4.69, 9.17) is 4.98 Å². The van der Waals surface area contributed by atoms with Crippen molar-refractivity contribution >= 4 is 23.1 Å². The van der Waals surface area contributed by atoms with Crippen molar-refractivity contribution in [3.05, 3.63) is 85.3 Å². The molecule has 4 aromatic heterocycles. The Morgan fingerprint density at radius 2 is 1.86 bits per heavy atom. The highest BCUT2D eigenvalue weighted by Gasteiger charge is 2.24. The molecule has 1 amide bonds. The molecule has 0 saturated heterocycles. The van der Waals surface area contributed by atoms with Crippen molar-refractivity contribution in [2.45, 2.75) is 26.3 Å². The van der Waals surface area contributed by atoms with Crippen molar-refractivity contribution < 1.29 is 9.90 Å². The molecule has 10 nitrogen and oxygen atoms in total. The molecule has 1 aromatic carbocycles. The van der Waals surface area contributed by atoms with Crippen molar-refractivity contribution in [3.63, 3.8) is 0 Å². The van der Waals surface area contributed by atoms with E-state index in [1.165, 1.54) is 0 Å². The Morgan fingerprint density at radius 3 is 2.59 bits per heavy atom. The van der Waals surface area contributed by atoms with Crippen LogP contribution in [0.1, 0.15) is 30.8 Å². The van der Waals surface area contributed by atoms with Gasteiger partial charge in [0.25, 0.3) is 5.91 Å². The van der Waals surface area contributed by atoms with Gasteiger partial charge >= 0.3 is 0 Å². The molecule has 3 N–H and O–H groups in total. The van der Waals surface area contributed by atoms with Gasteiger partial charge in [-0.2, -0.15) is 4.98 Å². The Balaban J connectivity index is 1.56. The summed E-state index contributed by atoms with van der Waals surface area (Å²) in [5.41, 5.74) is 3.01. The number of aliphatic hydroxyl groups is 1. The van der Waals surface area contributed by atoms with E-state index in [-0.39, 0.29) is 18.6 Å². The number of hydrogen-bond donors (Lipinski definition) is 3. The van der Waals surface area contributed by atoms with Crippen LogP contribution in [0.25, 0.3) is 22.9 Å². The molecule has 0 saturated carbocycles. The van der Waals surface area contributed by atoms with Crippen LogP contribution in [0.5, 0.6) is 0 Å². The first-order chi connectivity index (χ1) is 18.0. The van der Waals surface area contributed by atoms with Gasteiger partial charge in [-0.3, -0.25) is 13.8 Å². The van der Waals surface area contributed by atoms with Crippen LogP contribution in [0.3, 0.4) is 0 Å². The van der Waals surface area contributed by atoms with Gasteiger partial charge in [-0.15, -0.1) is 0 Å². The Morgan fingerprint density at radius 1 is 1.03 bits per heavy atom. The molecule has 0 radical (unpaired) electrons. The maximum absolute atomic E-state index is 13.6. The number of amides is 1. The topological polar surface area (TPSA) is 122 Å². The molecule has 0 bridgehead atoms. The summed E-state index contributed by atoms with van der Waals surface area (Å²) in [5, 5.41) is 16.2. The van der Waals surface area contributed by atoms with Crippen LogP contribution in [0, 0.1) is 5.92 Å². The van der Waals surface area contributed by atoms with E-state index >= 15 is 0 Å². The van der Waals surface area contributed by atoms with Crippen molar-refractivity contribution in [1.82, 2.24) is 34.2 Å². The van der Waals surface area contributed by atoms with Crippen molar-refractivity contribution in [2.75, 3.05) is 11.9 Å². The van der Waals surface area contributed by atoms with Crippen molar-refractivity contribution in [2.24, 2.45) is 5.92 Å². The smallest absolute Gasteiger partial charge is 0.270 e. The van der Waals surface area contributed by atoms with E-state index in [1.54, 1.807) is 40.0 Å². The molecule has 0 aliphatic heterocycles. The molecule has 0 spiro atoms. The largest absolute Gasteiger partial charge is 0.394 e. The number of benzene rings is 1. The van der Waals surface area contributed by atoms with Crippen LogP contribution in [0.2, 0.25) is 0 Å². The van der Waals surface area contributed by atoms with Gasteiger partial charge in [0.2, 0.25) is 5.95 Å². The summed E-state index contributed by atoms with van der Waals surface area (Å²) in [5.74, 6) is 1.07. The van der Waals surface area contributed by atoms with E-state index in [0.29, 0.717) is 46.8 Å². The Labute approximate surface area is 214 Å². The zero-order chi connectivity index (χ0) is 25.8. The third-order valence-corrected chi connectivity index (χ3v) is 5.86. The zero-order valence-corrected chi connectivity index (χ0v) is 20.6. The van der Waals surface area contributed by atoms with Gasteiger partial charge in [0, 0.05) is 30.4 Å². The molecule has 0 unspecified atom stereocenters. The summed E-state index contributed by atoms with van der Waals surface area (Å²) in [4.78, 5) is 31.4. The van der Waals surface area contributed by atoms with Gasteiger partial charge in [0.05, 0.1) is 18.3 Å². The zero-order valence-electron chi connectivity index (χ0n) is 20.6. The van der Waals surface area contributed by atoms with Crippen LogP contribution < -0.4 is 10.6 Å². The summed E-state index contributed by atoms with van der Waals surface area (Å²) in [7, 11) is 0. The quantitative estimate of drug-likeness (QED) is 0.283. The lowest BCUT2D eigenvalue weighted by atomic mass is 10.0. The first kappa shape index (κ1) is 24.1. The number of imidazole rings is 2. The van der Waals surface area contributed by atoms with Crippen molar-refractivity contribution in [1.29, 1.82) is 0 Å². The lowest BCUT2D eigenvalue weighted by Gasteiger charge is -2.18. The second-order valence-electron chi connectivity index (χ2n) is 9.11. The maximum Gasteiger partial charge on any atom is 0.270 e. The number of aliphatic hydroxyl groups excluding tert-OH is 1. The van der Waals surface area contributed by atoms with Crippen LogP contribution in [0.4, 0.5) is 11.5 Å². The standard InChI is InChI=1S/C27H28N8O2/c1-18(2)15-20(16-36)30-26(37)24-23(19-7-4-3-5-8-19)33-25-21(9-6-13-35(24)25)31-22-10-11-29-27(32-22)34-14-12-28-17-34/h3-14,17-18,20,36H,15-16H2,1-2H3,(H,30,37)(H,29,31,32)/t20-/m1/s1. The average Bonchev–Trinajstić information content (AvgIpc) is 3.58. The number of anilines is 2.